The Morgan fingerprint density at radius 3 is 2.83 bits per heavy atom. The molecular formula is C17H20ClN3O3. The van der Waals surface area contributed by atoms with E-state index in [-0.39, 0.29) is 19.1 Å². The van der Waals surface area contributed by atoms with Gasteiger partial charge in [0.05, 0.1) is 26.1 Å². The molecule has 1 saturated heterocycles. The molecule has 7 heteroatoms. The standard InChI is InChI=1S/C17H20ClN3O3/c18-15-3-1-14(2-4-15)9-17(12-22)11-21(7-8-24-17)16(23)10-20-6-5-19-13-20/h1-6,13,22H,7-12H2/t17-/m1/s1. The number of halogens is 1. The third kappa shape index (κ3) is 3.95. The highest BCUT2D eigenvalue weighted by molar-refractivity contribution is 6.30. The minimum absolute atomic E-state index is 0.00905. The van der Waals surface area contributed by atoms with Gasteiger partial charge in [-0.15, -0.1) is 0 Å². The Hall–Kier alpha value is -1.89. The second kappa shape index (κ2) is 7.34. The molecule has 0 saturated carbocycles. The van der Waals surface area contributed by atoms with Crippen molar-refractivity contribution in [3.05, 3.63) is 53.6 Å². The van der Waals surface area contributed by atoms with Crippen LogP contribution in [0.1, 0.15) is 5.56 Å². The number of morpholine rings is 1. The number of benzene rings is 1. The third-order valence-corrected chi connectivity index (χ3v) is 4.46. The molecule has 1 fully saturated rings. The molecule has 1 aromatic carbocycles. The lowest BCUT2D eigenvalue weighted by atomic mass is 9.93. The van der Waals surface area contributed by atoms with E-state index < -0.39 is 5.60 Å². The van der Waals surface area contributed by atoms with E-state index in [0.717, 1.165) is 5.56 Å². The average Bonchev–Trinajstić information content (AvgIpc) is 3.10. The first-order chi connectivity index (χ1) is 11.6. The van der Waals surface area contributed by atoms with Crippen LogP contribution in [0.25, 0.3) is 0 Å². The molecule has 1 amide bonds. The van der Waals surface area contributed by atoms with E-state index in [2.05, 4.69) is 4.98 Å². The highest BCUT2D eigenvalue weighted by Crippen LogP contribution is 2.24. The largest absolute Gasteiger partial charge is 0.393 e. The molecule has 1 atom stereocenters. The smallest absolute Gasteiger partial charge is 0.242 e. The Labute approximate surface area is 145 Å². The molecule has 1 aliphatic rings. The Morgan fingerprint density at radius 2 is 2.17 bits per heavy atom. The fraction of sp³-hybridized carbons (Fsp3) is 0.412. The van der Waals surface area contributed by atoms with Crippen molar-refractivity contribution in [2.75, 3.05) is 26.3 Å². The molecule has 128 valence electrons. The first-order valence-corrected chi connectivity index (χ1v) is 8.21. The van der Waals surface area contributed by atoms with Crippen LogP contribution in [-0.4, -0.2) is 57.4 Å². The summed E-state index contributed by atoms with van der Waals surface area (Å²) in [7, 11) is 0. The van der Waals surface area contributed by atoms with Gasteiger partial charge < -0.3 is 19.3 Å². The first kappa shape index (κ1) is 17.0. The lowest BCUT2D eigenvalue weighted by molar-refractivity contribution is -0.158. The predicted octanol–water partition coefficient (Wildman–Crippen LogP) is 1.37. The van der Waals surface area contributed by atoms with Gasteiger partial charge in [-0.05, 0) is 17.7 Å². The maximum Gasteiger partial charge on any atom is 0.242 e. The summed E-state index contributed by atoms with van der Waals surface area (Å²) in [5.74, 6) is -0.00905. The summed E-state index contributed by atoms with van der Waals surface area (Å²) in [6.45, 7) is 1.38. The quantitative estimate of drug-likeness (QED) is 0.885. The molecule has 2 aromatic rings. The second-order valence-electron chi connectivity index (χ2n) is 6.04. The number of nitrogens with zero attached hydrogens (tertiary/aromatic N) is 3. The van der Waals surface area contributed by atoms with Gasteiger partial charge in [-0.3, -0.25) is 4.79 Å². The first-order valence-electron chi connectivity index (χ1n) is 7.83. The van der Waals surface area contributed by atoms with Crippen molar-refractivity contribution in [3.63, 3.8) is 0 Å². The van der Waals surface area contributed by atoms with Gasteiger partial charge in [0.25, 0.3) is 0 Å². The fourth-order valence-corrected chi connectivity index (χ4v) is 3.05. The molecule has 24 heavy (non-hydrogen) atoms. The van der Waals surface area contributed by atoms with E-state index >= 15 is 0 Å². The van der Waals surface area contributed by atoms with Crippen LogP contribution in [0, 0.1) is 0 Å². The summed E-state index contributed by atoms with van der Waals surface area (Å²) in [4.78, 5) is 18.2. The number of ether oxygens (including phenoxy) is 1. The van der Waals surface area contributed by atoms with Gasteiger partial charge in [0.2, 0.25) is 5.91 Å². The summed E-state index contributed by atoms with van der Waals surface area (Å²) in [5.41, 5.74) is 0.230. The van der Waals surface area contributed by atoms with Crippen LogP contribution in [0.2, 0.25) is 5.02 Å². The second-order valence-corrected chi connectivity index (χ2v) is 6.48. The number of aliphatic hydroxyl groups is 1. The van der Waals surface area contributed by atoms with E-state index in [1.165, 1.54) is 0 Å². The zero-order valence-corrected chi connectivity index (χ0v) is 14.0. The van der Waals surface area contributed by atoms with Crippen LogP contribution < -0.4 is 0 Å². The molecule has 3 rings (SSSR count). The van der Waals surface area contributed by atoms with Crippen LogP contribution in [0.15, 0.2) is 43.0 Å². The molecule has 0 aliphatic carbocycles. The zero-order chi connectivity index (χ0) is 17.0. The number of imidazole rings is 1. The summed E-state index contributed by atoms with van der Waals surface area (Å²) in [6, 6.07) is 7.45. The molecule has 2 heterocycles. The van der Waals surface area contributed by atoms with Crippen molar-refractivity contribution in [2.45, 2.75) is 18.6 Å². The molecule has 0 unspecified atom stereocenters. The predicted molar refractivity (Wildman–Crippen MR) is 89.7 cm³/mol. The van der Waals surface area contributed by atoms with E-state index in [0.29, 0.717) is 31.1 Å². The summed E-state index contributed by atoms with van der Waals surface area (Å²) >= 11 is 5.91. The zero-order valence-electron chi connectivity index (χ0n) is 13.3. The third-order valence-electron chi connectivity index (χ3n) is 4.21. The van der Waals surface area contributed by atoms with Gasteiger partial charge in [-0.2, -0.15) is 0 Å². The molecular weight excluding hydrogens is 330 g/mol. The van der Waals surface area contributed by atoms with Crippen molar-refractivity contribution >= 4 is 17.5 Å². The van der Waals surface area contributed by atoms with Gasteiger partial charge >= 0.3 is 0 Å². The molecule has 0 spiro atoms. The number of carbonyl (C=O) groups excluding carboxylic acids is 1. The number of hydrogen-bond donors (Lipinski definition) is 1. The number of rotatable bonds is 5. The fourth-order valence-electron chi connectivity index (χ4n) is 2.93. The number of hydrogen-bond acceptors (Lipinski definition) is 4. The Balaban J connectivity index is 1.69. The maximum atomic E-state index is 12.5. The van der Waals surface area contributed by atoms with E-state index in [4.69, 9.17) is 16.3 Å². The molecule has 6 nitrogen and oxygen atoms in total. The Bertz CT molecular complexity index is 675. The van der Waals surface area contributed by atoms with Gasteiger partial charge in [-0.25, -0.2) is 4.98 Å². The van der Waals surface area contributed by atoms with E-state index in [9.17, 15) is 9.90 Å². The lowest BCUT2D eigenvalue weighted by Crippen LogP contribution is -2.57. The van der Waals surface area contributed by atoms with Crippen molar-refractivity contribution in [2.24, 2.45) is 0 Å². The van der Waals surface area contributed by atoms with Crippen LogP contribution >= 0.6 is 11.6 Å². The minimum atomic E-state index is -0.781. The molecule has 0 radical (unpaired) electrons. The lowest BCUT2D eigenvalue weighted by Gasteiger charge is -2.42. The topological polar surface area (TPSA) is 67.6 Å². The highest BCUT2D eigenvalue weighted by atomic mass is 35.5. The number of aromatic nitrogens is 2. The van der Waals surface area contributed by atoms with Crippen molar-refractivity contribution in [1.29, 1.82) is 0 Å². The molecule has 1 N–H and O–H groups in total. The summed E-state index contributed by atoms with van der Waals surface area (Å²) in [6.07, 6.45) is 5.54. The number of amides is 1. The van der Waals surface area contributed by atoms with Gasteiger partial charge in [0, 0.05) is 30.4 Å². The molecule has 1 aliphatic heterocycles. The van der Waals surface area contributed by atoms with E-state index in [1.807, 2.05) is 24.3 Å². The molecule has 1 aromatic heterocycles. The van der Waals surface area contributed by atoms with Crippen LogP contribution in [0.4, 0.5) is 0 Å². The van der Waals surface area contributed by atoms with Crippen LogP contribution in [0.3, 0.4) is 0 Å². The Kier molecular flexibility index (Phi) is 5.18. The highest BCUT2D eigenvalue weighted by Gasteiger charge is 2.38. The number of carbonyl (C=O) groups is 1. The summed E-state index contributed by atoms with van der Waals surface area (Å²) < 4.78 is 7.60. The normalized spacial score (nSPS) is 21.0. The van der Waals surface area contributed by atoms with Gasteiger partial charge in [-0.1, -0.05) is 23.7 Å². The van der Waals surface area contributed by atoms with Crippen LogP contribution in [0.5, 0.6) is 0 Å². The maximum absolute atomic E-state index is 12.5. The summed E-state index contributed by atoms with van der Waals surface area (Å²) in [5, 5.41) is 10.6. The average molecular weight is 350 g/mol. The van der Waals surface area contributed by atoms with Gasteiger partial charge in [0.15, 0.2) is 0 Å². The van der Waals surface area contributed by atoms with Crippen molar-refractivity contribution in [1.82, 2.24) is 14.5 Å². The minimum Gasteiger partial charge on any atom is -0.393 e. The van der Waals surface area contributed by atoms with Gasteiger partial charge in [0.1, 0.15) is 12.1 Å². The van der Waals surface area contributed by atoms with Crippen molar-refractivity contribution in [3.8, 4) is 0 Å². The number of aliphatic hydroxyl groups excluding tert-OH is 1. The SMILES string of the molecule is O=C(Cn1ccnc1)N1CCO[C@](CO)(Cc2ccc(Cl)cc2)C1. The Morgan fingerprint density at radius 1 is 1.38 bits per heavy atom. The van der Waals surface area contributed by atoms with Crippen molar-refractivity contribution < 1.29 is 14.6 Å². The molecule has 0 bridgehead atoms. The van der Waals surface area contributed by atoms with E-state index in [1.54, 1.807) is 28.2 Å². The monoisotopic (exact) mass is 349 g/mol. The van der Waals surface area contributed by atoms with Crippen LogP contribution in [-0.2, 0) is 22.5 Å².